The highest BCUT2D eigenvalue weighted by molar-refractivity contribution is 6.31. The second kappa shape index (κ2) is 10.8. The number of nitrogens with one attached hydrogen (secondary N) is 2. The van der Waals surface area contributed by atoms with Crippen LogP contribution in [0.5, 0.6) is 0 Å². The molecule has 7 nitrogen and oxygen atoms in total. The summed E-state index contributed by atoms with van der Waals surface area (Å²) in [7, 11) is 0. The molecule has 168 valence electrons. The molecule has 0 aliphatic carbocycles. The number of carbonyl (C=O) groups excluding carboxylic acids is 2. The van der Waals surface area contributed by atoms with E-state index in [0.29, 0.717) is 17.3 Å². The number of aryl methyl sites for hydroxylation is 2. The van der Waals surface area contributed by atoms with Crippen molar-refractivity contribution in [2.24, 2.45) is 0 Å². The van der Waals surface area contributed by atoms with Crippen molar-refractivity contribution in [3.8, 4) is 0 Å². The van der Waals surface area contributed by atoms with Gasteiger partial charge in [0.05, 0.1) is 13.1 Å². The zero-order valence-electron chi connectivity index (χ0n) is 18.6. The highest BCUT2D eigenvalue weighted by Gasteiger charge is 2.19. The Morgan fingerprint density at radius 1 is 0.903 bits per heavy atom. The van der Waals surface area contributed by atoms with Crippen LogP contribution in [0.15, 0.2) is 30.3 Å². The number of anilines is 1. The van der Waals surface area contributed by atoms with Crippen LogP contribution in [0.3, 0.4) is 0 Å². The van der Waals surface area contributed by atoms with Gasteiger partial charge in [-0.3, -0.25) is 19.4 Å². The van der Waals surface area contributed by atoms with Crippen LogP contribution in [-0.2, 0) is 16.1 Å². The number of benzene rings is 1. The molecule has 8 heteroatoms. The summed E-state index contributed by atoms with van der Waals surface area (Å²) in [5.41, 5.74) is 4.06. The van der Waals surface area contributed by atoms with E-state index in [9.17, 15) is 9.59 Å². The second-order valence-corrected chi connectivity index (χ2v) is 8.53. The summed E-state index contributed by atoms with van der Waals surface area (Å²) in [6, 6.07) is 9.66. The molecular formula is C23H32ClN5O2. The van der Waals surface area contributed by atoms with Crippen LogP contribution in [0.2, 0.25) is 5.02 Å². The van der Waals surface area contributed by atoms with E-state index in [0.717, 1.165) is 44.8 Å². The van der Waals surface area contributed by atoms with E-state index in [1.165, 1.54) is 11.4 Å². The summed E-state index contributed by atoms with van der Waals surface area (Å²) in [6.45, 7) is 12.0. The first-order valence-corrected chi connectivity index (χ1v) is 11.1. The van der Waals surface area contributed by atoms with E-state index in [4.69, 9.17) is 11.6 Å². The minimum atomic E-state index is -0.265. The number of halogens is 1. The second-order valence-electron chi connectivity index (χ2n) is 8.12. The maximum atomic E-state index is 12.3. The highest BCUT2D eigenvalue weighted by atomic mass is 35.5. The number of piperazine rings is 1. The number of rotatable bonds is 8. The van der Waals surface area contributed by atoms with Gasteiger partial charge in [0.1, 0.15) is 0 Å². The molecule has 31 heavy (non-hydrogen) atoms. The average molecular weight is 446 g/mol. The Hall–Kier alpha value is -2.35. The number of amides is 2. The molecule has 0 unspecified atom stereocenters. The lowest BCUT2D eigenvalue weighted by molar-refractivity contribution is -0.125. The third kappa shape index (κ3) is 6.56. The van der Waals surface area contributed by atoms with Crippen LogP contribution in [-0.4, -0.2) is 72.0 Å². The first-order valence-electron chi connectivity index (χ1n) is 10.7. The molecule has 1 aliphatic heterocycles. The molecule has 2 amide bonds. The zero-order valence-corrected chi connectivity index (χ0v) is 19.3. The molecule has 1 fully saturated rings. The maximum absolute atomic E-state index is 12.3. The summed E-state index contributed by atoms with van der Waals surface area (Å²) >= 11 is 6.07. The van der Waals surface area contributed by atoms with Gasteiger partial charge in [0, 0.05) is 61.4 Å². The first kappa shape index (κ1) is 23.3. The molecule has 0 atom stereocenters. The zero-order chi connectivity index (χ0) is 22.4. The van der Waals surface area contributed by atoms with Crippen molar-refractivity contribution in [2.75, 3.05) is 51.1 Å². The molecule has 1 aromatic carbocycles. The van der Waals surface area contributed by atoms with Crippen molar-refractivity contribution < 1.29 is 9.59 Å². The van der Waals surface area contributed by atoms with Crippen molar-refractivity contribution in [1.29, 1.82) is 0 Å². The molecule has 0 spiro atoms. The summed E-state index contributed by atoms with van der Waals surface area (Å²) in [5.74, 6) is -0.399. The third-order valence-corrected chi connectivity index (χ3v) is 6.29. The van der Waals surface area contributed by atoms with E-state index in [1.807, 2.05) is 6.92 Å². The lowest BCUT2D eigenvalue weighted by Gasteiger charge is -2.34. The van der Waals surface area contributed by atoms with E-state index in [2.05, 4.69) is 51.0 Å². The fourth-order valence-corrected chi connectivity index (χ4v) is 4.01. The van der Waals surface area contributed by atoms with Gasteiger partial charge < -0.3 is 15.2 Å². The molecule has 2 heterocycles. The molecule has 0 bridgehead atoms. The Labute approximate surface area is 189 Å². The smallest absolute Gasteiger partial charge is 0.243 e. The SMILES string of the molecule is Cc1c(Cl)cccc1NC(=O)CNC(=O)CN1CCN(CCn2c(C)ccc2C)CC1. The molecule has 0 radical (unpaired) electrons. The molecule has 1 aliphatic rings. The summed E-state index contributed by atoms with van der Waals surface area (Å²) in [5, 5.41) is 6.09. The average Bonchev–Trinajstić information content (AvgIpc) is 3.07. The van der Waals surface area contributed by atoms with Crippen molar-refractivity contribution in [2.45, 2.75) is 27.3 Å². The van der Waals surface area contributed by atoms with Gasteiger partial charge in [0.2, 0.25) is 11.8 Å². The summed E-state index contributed by atoms with van der Waals surface area (Å²) < 4.78 is 2.34. The summed E-state index contributed by atoms with van der Waals surface area (Å²) in [4.78, 5) is 29.0. The largest absolute Gasteiger partial charge is 0.348 e. The third-order valence-electron chi connectivity index (χ3n) is 5.88. The minimum absolute atomic E-state index is 0.0552. The van der Waals surface area contributed by atoms with Crippen LogP contribution < -0.4 is 10.6 Å². The number of aromatic nitrogens is 1. The van der Waals surface area contributed by atoms with Crippen LogP contribution in [0.4, 0.5) is 5.69 Å². The normalized spacial score (nSPS) is 15.1. The van der Waals surface area contributed by atoms with E-state index in [-0.39, 0.29) is 18.4 Å². The Morgan fingerprint density at radius 3 is 2.23 bits per heavy atom. The van der Waals surface area contributed by atoms with Gasteiger partial charge in [-0.15, -0.1) is 0 Å². The van der Waals surface area contributed by atoms with Gasteiger partial charge in [-0.1, -0.05) is 17.7 Å². The van der Waals surface area contributed by atoms with Crippen LogP contribution in [0.25, 0.3) is 0 Å². The van der Waals surface area contributed by atoms with Gasteiger partial charge >= 0.3 is 0 Å². The molecule has 2 aromatic rings. The predicted octanol–water partition coefficient (Wildman–Crippen LogP) is 2.44. The first-order chi connectivity index (χ1) is 14.8. The van der Waals surface area contributed by atoms with Crippen molar-refractivity contribution in [3.63, 3.8) is 0 Å². The van der Waals surface area contributed by atoms with Gasteiger partial charge in [0.15, 0.2) is 0 Å². The standard InChI is InChI=1S/C23H32ClN5O2/c1-17-7-8-18(2)29(17)14-13-27-9-11-28(12-10-27)16-23(31)25-15-22(30)26-21-6-4-5-20(24)19(21)3/h4-8H,9-16H2,1-3H3,(H,25,31)(H,26,30). The topological polar surface area (TPSA) is 69.6 Å². The van der Waals surface area contributed by atoms with E-state index >= 15 is 0 Å². The van der Waals surface area contributed by atoms with Gasteiger partial charge in [-0.2, -0.15) is 0 Å². The van der Waals surface area contributed by atoms with Gasteiger partial charge in [0.25, 0.3) is 0 Å². The molecule has 1 saturated heterocycles. The van der Waals surface area contributed by atoms with Crippen molar-refractivity contribution in [1.82, 2.24) is 19.7 Å². The van der Waals surface area contributed by atoms with Crippen molar-refractivity contribution in [3.05, 3.63) is 52.3 Å². The number of hydrogen-bond donors (Lipinski definition) is 2. The lowest BCUT2D eigenvalue weighted by Crippen LogP contribution is -2.50. The highest BCUT2D eigenvalue weighted by Crippen LogP contribution is 2.22. The minimum Gasteiger partial charge on any atom is -0.348 e. The number of carbonyl (C=O) groups is 2. The fraction of sp³-hybridized carbons (Fsp3) is 0.478. The van der Waals surface area contributed by atoms with E-state index in [1.54, 1.807) is 18.2 Å². The summed E-state index contributed by atoms with van der Waals surface area (Å²) in [6.07, 6.45) is 0. The lowest BCUT2D eigenvalue weighted by atomic mass is 10.2. The van der Waals surface area contributed by atoms with E-state index < -0.39 is 0 Å². The molecule has 1 aromatic heterocycles. The Kier molecular flexibility index (Phi) is 8.12. The maximum Gasteiger partial charge on any atom is 0.243 e. The van der Waals surface area contributed by atoms with Crippen LogP contribution in [0, 0.1) is 20.8 Å². The van der Waals surface area contributed by atoms with Crippen molar-refractivity contribution >= 4 is 29.1 Å². The van der Waals surface area contributed by atoms with Gasteiger partial charge in [-0.25, -0.2) is 0 Å². The van der Waals surface area contributed by atoms with Gasteiger partial charge in [-0.05, 0) is 50.6 Å². The molecule has 0 saturated carbocycles. The monoisotopic (exact) mass is 445 g/mol. The van der Waals surface area contributed by atoms with Crippen LogP contribution in [0.1, 0.15) is 17.0 Å². The Morgan fingerprint density at radius 2 is 1.55 bits per heavy atom. The predicted molar refractivity (Wildman–Crippen MR) is 125 cm³/mol. The van der Waals surface area contributed by atoms with Crippen LogP contribution >= 0.6 is 11.6 Å². The quantitative estimate of drug-likeness (QED) is 0.654. The number of hydrogen-bond acceptors (Lipinski definition) is 4. The molecule has 3 rings (SSSR count). The number of nitrogens with zero attached hydrogens (tertiary/aromatic N) is 3. The Bertz CT molecular complexity index is 899. The molecule has 2 N–H and O–H groups in total. The fourth-order valence-electron chi connectivity index (χ4n) is 3.84. The Balaban J connectivity index is 1.34. The molecular weight excluding hydrogens is 414 g/mol.